The van der Waals surface area contributed by atoms with Crippen molar-refractivity contribution in [3.63, 3.8) is 0 Å². The number of carboxylic acids is 1. The molecule has 0 saturated heterocycles. The van der Waals surface area contributed by atoms with Crippen LogP contribution < -0.4 is 16.4 Å². The van der Waals surface area contributed by atoms with Crippen LogP contribution in [0.3, 0.4) is 0 Å². The van der Waals surface area contributed by atoms with E-state index in [1.54, 1.807) is 12.1 Å². The highest BCUT2D eigenvalue weighted by molar-refractivity contribution is 5.87. The Kier molecular flexibility index (Phi) is 6.32. The molecule has 4 fully saturated rings. The number of hydrogen-bond donors (Lipinski definition) is 4. The van der Waals surface area contributed by atoms with Crippen LogP contribution in [0.2, 0.25) is 0 Å². The molecule has 1 aromatic rings. The number of rotatable bonds is 9. The largest absolute Gasteiger partial charge is 0.478 e. The maximum Gasteiger partial charge on any atom is 0.335 e. The number of benzene rings is 1. The fourth-order valence-corrected chi connectivity index (χ4v) is 6.58. The van der Waals surface area contributed by atoms with Gasteiger partial charge in [0.15, 0.2) is 0 Å². The van der Waals surface area contributed by atoms with Crippen molar-refractivity contribution in [3.8, 4) is 0 Å². The molecular weight excluding hydrogens is 378 g/mol. The lowest BCUT2D eigenvalue weighted by atomic mass is 9.53. The topological polar surface area (TPSA) is 104 Å². The van der Waals surface area contributed by atoms with Crippen molar-refractivity contribution in [2.24, 2.45) is 23.5 Å². The minimum Gasteiger partial charge on any atom is -0.478 e. The molecule has 2 amide bonds. The van der Waals surface area contributed by atoms with Gasteiger partial charge in [-0.1, -0.05) is 12.1 Å². The minimum absolute atomic E-state index is 0.0258. The van der Waals surface area contributed by atoms with Gasteiger partial charge in [-0.3, -0.25) is 0 Å². The third-order valence-corrected chi connectivity index (χ3v) is 7.49. The van der Waals surface area contributed by atoms with Gasteiger partial charge in [-0.05, 0) is 106 Å². The van der Waals surface area contributed by atoms with Crippen LogP contribution in [0, 0.1) is 17.8 Å². The number of carboxylic acid groups (broad SMARTS) is 1. The number of nitrogens with two attached hydrogens (primary N) is 1. The van der Waals surface area contributed by atoms with E-state index in [0.29, 0.717) is 12.1 Å². The fraction of sp³-hybridized carbons (Fsp3) is 0.667. The Balaban J connectivity index is 1.26. The highest BCUT2D eigenvalue weighted by Gasteiger charge is 2.51. The van der Waals surface area contributed by atoms with Gasteiger partial charge < -0.3 is 21.5 Å². The van der Waals surface area contributed by atoms with Crippen molar-refractivity contribution >= 4 is 12.0 Å². The number of urea groups is 1. The number of nitrogens with one attached hydrogen (secondary N) is 2. The number of amides is 2. The minimum atomic E-state index is -0.904. The van der Waals surface area contributed by atoms with Crippen molar-refractivity contribution in [1.82, 2.24) is 10.6 Å². The van der Waals surface area contributed by atoms with Gasteiger partial charge in [0, 0.05) is 11.6 Å². The van der Waals surface area contributed by atoms with Gasteiger partial charge in [0.2, 0.25) is 0 Å². The Morgan fingerprint density at radius 2 is 1.63 bits per heavy atom. The molecule has 0 aliphatic heterocycles. The Bertz CT molecular complexity index is 726. The van der Waals surface area contributed by atoms with E-state index < -0.39 is 5.97 Å². The molecule has 4 aliphatic rings. The Morgan fingerprint density at radius 3 is 2.17 bits per heavy atom. The van der Waals surface area contributed by atoms with Crippen molar-refractivity contribution in [1.29, 1.82) is 0 Å². The standard InChI is InChI=1S/C24H35N3O3/c25-9-8-21(3-1-2-16-4-6-20(7-5-16)22(28)29)26-23(30)27-24-13-17-10-18(14-24)12-19(11-17)15-24/h4-7,17-19,21H,1-3,8-15,25H2,(H,28,29)(H2,26,27,30). The quantitative estimate of drug-likeness (QED) is 0.495. The highest BCUT2D eigenvalue weighted by Crippen LogP contribution is 2.55. The van der Waals surface area contributed by atoms with Crippen molar-refractivity contribution in [2.45, 2.75) is 75.8 Å². The Labute approximate surface area is 179 Å². The van der Waals surface area contributed by atoms with Crippen molar-refractivity contribution in [2.75, 3.05) is 6.54 Å². The first kappa shape index (κ1) is 21.2. The molecule has 1 unspecified atom stereocenters. The molecule has 4 saturated carbocycles. The number of hydrogen-bond acceptors (Lipinski definition) is 3. The SMILES string of the molecule is NCCC(CCCc1ccc(C(=O)O)cc1)NC(=O)NC12CC3CC(CC(C3)C1)C2. The van der Waals surface area contributed by atoms with E-state index in [0.717, 1.165) is 68.3 Å². The predicted molar refractivity (Wildman–Crippen MR) is 116 cm³/mol. The van der Waals surface area contributed by atoms with Gasteiger partial charge in [-0.25, -0.2) is 9.59 Å². The van der Waals surface area contributed by atoms with Crippen molar-refractivity contribution < 1.29 is 14.7 Å². The maximum absolute atomic E-state index is 12.8. The third kappa shape index (κ3) is 4.97. The first-order valence-corrected chi connectivity index (χ1v) is 11.6. The summed E-state index contributed by atoms with van der Waals surface area (Å²) in [5.74, 6) is 1.52. The van der Waals surface area contributed by atoms with Crippen LogP contribution in [0.25, 0.3) is 0 Å². The lowest BCUT2D eigenvalue weighted by Crippen LogP contribution is -2.62. The molecule has 4 aliphatic carbocycles. The van der Waals surface area contributed by atoms with E-state index in [2.05, 4.69) is 10.6 Å². The van der Waals surface area contributed by atoms with Crippen LogP contribution in [0.1, 0.15) is 73.7 Å². The van der Waals surface area contributed by atoms with E-state index in [9.17, 15) is 9.59 Å². The zero-order valence-corrected chi connectivity index (χ0v) is 17.7. The zero-order chi connectivity index (χ0) is 21.1. The summed E-state index contributed by atoms with van der Waals surface area (Å²) in [6.07, 6.45) is 11.0. The Morgan fingerprint density at radius 1 is 1.03 bits per heavy atom. The molecule has 6 heteroatoms. The van der Waals surface area contributed by atoms with Gasteiger partial charge in [-0.15, -0.1) is 0 Å². The summed E-state index contributed by atoms with van der Waals surface area (Å²) in [5.41, 5.74) is 7.24. The second-order valence-corrected chi connectivity index (χ2v) is 9.96. The summed E-state index contributed by atoms with van der Waals surface area (Å²) >= 11 is 0. The van der Waals surface area contributed by atoms with E-state index in [1.165, 1.54) is 19.3 Å². The van der Waals surface area contributed by atoms with E-state index in [4.69, 9.17) is 10.8 Å². The summed E-state index contributed by atoms with van der Waals surface area (Å²) in [6.45, 7) is 0.551. The van der Waals surface area contributed by atoms with Crippen LogP contribution in [0.5, 0.6) is 0 Å². The van der Waals surface area contributed by atoms with Crippen LogP contribution in [-0.4, -0.2) is 35.2 Å². The number of aromatic carboxylic acids is 1. The fourth-order valence-electron chi connectivity index (χ4n) is 6.58. The number of carbonyl (C=O) groups is 2. The summed E-state index contributed by atoms with van der Waals surface area (Å²) in [5, 5.41) is 15.6. The molecule has 0 aromatic heterocycles. The summed E-state index contributed by atoms with van der Waals surface area (Å²) in [4.78, 5) is 23.8. The van der Waals surface area contributed by atoms with Gasteiger partial charge in [0.25, 0.3) is 0 Å². The summed E-state index contributed by atoms with van der Waals surface area (Å²) < 4.78 is 0. The number of aryl methyl sites for hydroxylation is 1. The summed E-state index contributed by atoms with van der Waals surface area (Å²) in [6, 6.07) is 7.07. The Hall–Kier alpha value is -2.08. The van der Waals surface area contributed by atoms with Gasteiger partial charge in [0.1, 0.15) is 0 Å². The van der Waals surface area contributed by atoms with Gasteiger partial charge in [0.05, 0.1) is 5.56 Å². The lowest BCUT2D eigenvalue weighted by Gasteiger charge is -2.56. The summed E-state index contributed by atoms with van der Waals surface area (Å²) in [7, 11) is 0. The van der Waals surface area contributed by atoms with Crippen LogP contribution in [-0.2, 0) is 6.42 Å². The van der Waals surface area contributed by atoms with Crippen molar-refractivity contribution in [3.05, 3.63) is 35.4 Å². The van der Waals surface area contributed by atoms with E-state index in [-0.39, 0.29) is 17.6 Å². The third-order valence-electron chi connectivity index (χ3n) is 7.49. The first-order chi connectivity index (χ1) is 14.4. The van der Waals surface area contributed by atoms with Gasteiger partial charge in [-0.2, -0.15) is 0 Å². The van der Waals surface area contributed by atoms with E-state index in [1.807, 2.05) is 12.1 Å². The molecule has 164 valence electrons. The van der Waals surface area contributed by atoms with Crippen LogP contribution >= 0.6 is 0 Å². The molecule has 1 aromatic carbocycles. The highest BCUT2D eigenvalue weighted by atomic mass is 16.4. The predicted octanol–water partition coefficient (Wildman–Crippen LogP) is 3.69. The first-order valence-electron chi connectivity index (χ1n) is 11.6. The molecule has 30 heavy (non-hydrogen) atoms. The van der Waals surface area contributed by atoms with Crippen LogP contribution in [0.4, 0.5) is 4.79 Å². The normalized spacial score (nSPS) is 30.1. The second-order valence-electron chi connectivity index (χ2n) is 9.96. The molecule has 6 nitrogen and oxygen atoms in total. The monoisotopic (exact) mass is 413 g/mol. The number of carbonyl (C=O) groups excluding carboxylic acids is 1. The molecule has 0 spiro atoms. The lowest BCUT2D eigenvalue weighted by molar-refractivity contribution is -0.0136. The average molecular weight is 414 g/mol. The molecular formula is C24H35N3O3. The molecule has 1 atom stereocenters. The maximum atomic E-state index is 12.8. The zero-order valence-electron chi connectivity index (χ0n) is 17.7. The van der Waals surface area contributed by atoms with Gasteiger partial charge >= 0.3 is 12.0 Å². The van der Waals surface area contributed by atoms with Crippen LogP contribution in [0.15, 0.2) is 24.3 Å². The second kappa shape index (κ2) is 8.96. The van der Waals surface area contributed by atoms with E-state index >= 15 is 0 Å². The average Bonchev–Trinajstić information content (AvgIpc) is 2.67. The molecule has 0 radical (unpaired) electrons. The molecule has 0 heterocycles. The molecule has 4 bridgehead atoms. The molecule has 5 N–H and O–H groups in total. The smallest absolute Gasteiger partial charge is 0.335 e. The molecule has 5 rings (SSSR count).